The minimum atomic E-state index is -1.06. The summed E-state index contributed by atoms with van der Waals surface area (Å²) in [5.74, 6) is -3.68. The van der Waals surface area contributed by atoms with Crippen LogP contribution in [0.15, 0.2) is 78.0 Å². The van der Waals surface area contributed by atoms with E-state index >= 15 is 0 Å². The maximum absolute atomic E-state index is 12.9. The van der Waals surface area contributed by atoms with Crippen molar-refractivity contribution >= 4 is 23.4 Å². The van der Waals surface area contributed by atoms with Crippen molar-refractivity contribution in [2.75, 3.05) is 5.32 Å². The molecule has 0 radical (unpaired) electrons. The number of oxime groups is 1. The predicted octanol–water partition coefficient (Wildman–Crippen LogP) is 3.37. The molecule has 1 amide bonds. The van der Waals surface area contributed by atoms with E-state index in [1.807, 2.05) is 12.1 Å². The highest BCUT2D eigenvalue weighted by molar-refractivity contribution is 6.01. The van der Waals surface area contributed by atoms with Gasteiger partial charge in [0.2, 0.25) is 5.91 Å². The molecule has 0 bridgehead atoms. The van der Waals surface area contributed by atoms with Crippen molar-refractivity contribution < 1.29 is 19.9 Å². The Morgan fingerprint density at radius 1 is 1.00 bits per heavy atom. The third-order valence-electron chi connectivity index (χ3n) is 5.79. The zero-order valence-corrected chi connectivity index (χ0v) is 17.3. The standard InChI is InChI=1S/C25H20N4O4/c26-13-17-4-1-2-7-19(17)14-8-10-18(11-9-14)28-24(30)21-20(22(21)25(31)32)15-5-3-6-16(12-15)23(27)29-33/h1-12,20-22,33H,(H2,27,29)(H,28,30)(H,31,32). The molecule has 8 heteroatoms. The van der Waals surface area contributed by atoms with Crippen LogP contribution in [0.5, 0.6) is 0 Å². The fourth-order valence-corrected chi connectivity index (χ4v) is 4.11. The van der Waals surface area contributed by atoms with E-state index in [-0.39, 0.29) is 5.84 Å². The van der Waals surface area contributed by atoms with Crippen LogP contribution in [0.1, 0.15) is 22.6 Å². The molecule has 0 heterocycles. The number of carboxylic acid groups (broad SMARTS) is 1. The smallest absolute Gasteiger partial charge is 0.307 e. The maximum Gasteiger partial charge on any atom is 0.307 e. The quantitative estimate of drug-likeness (QED) is 0.200. The summed E-state index contributed by atoms with van der Waals surface area (Å²) in [7, 11) is 0. The number of hydrogen-bond acceptors (Lipinski definition) is 5. The van der Waals surface area contributed by atoms with Crippen molar-refractivity contribution in [2.24, 2.45) is 22.7 Å². The number of nitriles is 1. The number of carboxylic acids is 1. The number of carbonyl (C=O) groups excluding carboxylic acids is 1. The van der Waals surface area contributed by atoms with Crippen LogP contribution in [-0.2, 0) is 9.59 Å². The molecule has 0 aromatic heterocycles. The number of carbonyl (C=O) groups is 2. The van der Waals surface area contributed by atoms with E-state index in [9.17, 15) is 20.0 Å². The van der Waals surface area contributed by atoms with Gasteiger partial charge in [-0.05, 0) is 41.0 Å². The Hall–Kier alpha value is -4.64. The molecule has 1 fully saturated rings. The number of nitrogens with one attached hydrogen (secondary N) is 1. The molecule has 0 spiro atoms. The molecule has 1 aliphatic carbocycles. The van der Waals surface area contributed by atoms with Gasteiger partial charge >= 0.3 is 5.97 Å². The molecule has 5 N–H and O–H groups in total. The van der Waals surface area contributed by atoms with Crippen LogP contribution < -0.4 is 11.1 Å². The van der Waals surface area contributed by atoms with Crippen LogP contribution in [-0.4, -0.2) is 28.0 Å². The van der Waals surface area contributed by atoms with Crippen LogP contribution in [0.25, 0.3) is 11.1 Å². The molecular weight excluding hydrogens is 420 g/mol. The van der Waals surface area contributed by atoms with E-state index in [1.165, 1.54) is 0 Å². The van der Waals surface area contributed by atoms with E-state index in [4.69, 9.17) is 10.9 Å². The average molecular weight is 440 g/mol. The summed E-state index contributed by atoms with van der Waals surface area (Å²) >= 11 is 0. The Morgan fingerprint density at radius 3 is 2.39 bits per heavy atom. The van der Waals surface area contributed by atoms with Crippen LogP contribution >= 0.6 is 0 Å². The lowest BCUT2D eigenvalue weighted by atomic mass is 10.0. The van der Waals surface area contributed by atoms with Crippen LogP contribution in [0, 0.1) is 23.2 Å². The van der Waals surface area contributed by atoms with Crippen molar-refractivity contribution in [3.8, 4) is 17.2 Å². The first-order valence-corrected chi connectivity index (χ1v) is 10.2. The minimum Gasteiger partial charge on any atom is -0.481 e. The number of hydrogen-bond donors (Lipinski definition) is 4. The highest BCUT2D eigenvalue weighted by atomic mass is 16.4. The van der Waals surface area contributed by atoms with Crippen LogP contribution in [0.4, 0.5) is 5.69 Å². The summed E-state index contributed by atoms with van der Waals surface area (Å²) < 4.78 is 0. The van der Waals surface area contributed by atoms with Gasteiger partial charge in [-0.1, -0.05) is 53.7 Å². The molecule has 0 saturated heterocycles. The van der Waals surface area contributed by atoms with E-state index < -0.39 is 29.6 Å². The summed E-state index contributed by atoms with van der Waals surface area (Å²) in [5, 5.41) is 33.5. The number of rotatable bonds is 6. The topological polar surface area (TPSA) is 149 Å². The van der Waals surface area contributed by atoms with Gasteiger partial charge in [0.05, 0.1) is 23.5 Å². The van der Waals surface area contributed by atoms with E-state index in [2.05, 4.69) is 16.5 Å². The van der Waals surface area contributed by atoms with E-state index in [0.717, 1.165) is 11.1 Å². The number of benzene rings is 3. The highest BCUT2D eigenvalue weighted by Crippen LogP contribution is 2.54. The molecular formula is C25H20N4O4. The van der Waals surface area contributed by atoms with Gasteiger partial charge in [-0.15, -0.1) is 0 Å². The highest BCUT2D eigenvalue weighted by Gasteiger charge is 2.60. The fourth-order valence-electron chi connectivity index (χ4n) is 4.11. The van der Waals surface area contributed by atoms with Crippen molar-refractivity contribution in [2.45, 2.75) is 5.92 Å². The second kappa shape index (κ2) is 8.85. The molecule has 3 aromatic carbocycles. The van der Waals surface area contributed by atoms with Crippen molar-refractivity contribution in [3.05, 3.63) is 89.5 Å². The van der Waals surface area contributed by atoms with E-state index in [1.54, 1.807) is 60.7 Å². The summed E-state index contributed by atoms with van der Waals surface area (Å²) in [6.45, 7) is 0. The zero-order valence-electron chi connectivity index (χ0n) is 17.3. The van der Waals surface area contributed by atoms with Crippen molar-refractivity contribution in [3.63, 3.8) is 0 Å². The Balaban J connectivity index is 1.52. The van der Waals surface area contributed by atoms with Crippen LogP contribution in [0.3, 0.4) is 0 Å². The molecule has 1 aliphatic rings. The largest absolute Gasteiger partial charge is 0.481 e. The van der Waals surface area contributed by atoms with Gasteiger partial charge in [-0.3, -0.25) is 9.59 Å². The molecule has 4 rings (SSSR count). The molecule has 33 heavy (non-hydrogen) atoms. The fraction of sp³-hybridized carbons (Fsp3) is 0.120. The Labute approximate surface area is 189 Å². The summed E-state index contributed by atoms with van der Waals surface area (Å²) in [6.07, 6.45) is 0. The summed E-state index contributed by atoms with van der Waals surface area (Å²) in [5.41, 5.74) is 9.41. The van der Waals surface area contributed by atoms with Gasteiger partial charge in [0.25, 0.3) is 0 Å². The maximum atomic E-state index is 12.9. The Morgan fingerprint density at radius 2 is 1.73 bits per heavy atom. The third kappa shape index (κ3) is 4.25. The first kappa shape index (κ1) is 21.6. The predicted molar refractivity (Wildman–Crippen MR) is 122 cm³/mol. The lowest BCUT2D eigenvalue weighted by Gasteiger charge is -2.08. The first-order chi connectivity index (χ1) is 15.9. The van der Waals surface area contributed by atoms with Gasteiger partial charge in [-0.25, -0.2) is 0 Å². The Bertz CT molecular complexity index is 1290. The molecule has 1 saturated carbocycles. The SMILES string of the molecule is N#Cc1ccccc1-c1ccc(NC(=O)C2C(C(=O)O)C2c2cccc(/C(N)=N/O)c2)cc1. The number of anilines is 1. The third-order valence-corrected chi connectivity index (χ3v) is 5.79. The molecule has 164 valence electrons. The second-order valence-corrected chi connectivity index (χ2v) is 7.75. The molecule has 3 unspecified atom stereocenters. The Kier molecular flexibility index (Phi) is 5.79. The normalized spacial score (nSPS) is 19.4. The number of aliphatic carboxylic acids is 1. The molecule has 8 nitrogen and oxygen atoms in total. The van der Waals surface area contributed by atoms with Gasteiger partial charge in [0.1, 0.15) is 0 Å². The minimum absolute atomic E-state index is 0.0940. The monoisotopic (exact) mass is 440 g/mol. The van der Waals surface area contributed by atoms with Gasteiger partial charge in [0, 0.05) is 17.2 Å². The van der Waals surface area contributed by atoms with E-state index in [0.29, 0.717) is 22.4 Å². The molecule has 3 atom stereocenters. The van der Waals surface area contributed by atoms with Gasteiger partial charge in [-0.2, -0.15) is 5.26 Å². The molecule has 3 aromatic rings. The first-order valence-electron chi connectivity index (χ1n) is 10.2. The second-order valence-electron chi connectivity index (χ2n) is 7.75. The van der Waals surface area contributed by atoms with Crippen molar-refractivity contribution in [1.82, 2.24) is 0 Å². The zero-order chi connectivity index (χ0) is 23.5. The summed E-state index contributed by atoms with van der Waals surface area (Å²) in [6, 6.07) is 23.1. The van der Waals surface area contributed by atoms with Gasteiger partial charge < -0.3 is 21.4 Å². The molecule has 0 aliphatic heterocycles. The average Bonchev–Trinajstić information content (AvgIpc) is 3.61. The number of amidine groups is 1. The van der Waals surface area contributed by atoms with Crippen molar-refractivity contribution in [1.29, 1.82) is 5.26 Å². The number of nitrogens with two attached hydrogens (primary N) is 1. The summed E-state index contributed by atoms with van der Waals surface area (Å²) in [4.78, 5) is 24.7. The van der Waals surface area contributed by atoms with Crippen LogP contribution in [0.2, 0.25) is 0 Å². The lowest BCUT2D eigenvalue weighted by molar-refractivity contribution is -0.139. The lowest BCUT2D eigenvalue weighted by Crippen LogP contribution is -2.17. The van der Waals surface area contributed by atoms with Gasteiger partial charge in [0.15, 0.2) is 5.84 Å². The number of amides is 1. The number of nitrogens with zero attached hydrogens (tertiary/aromatic N) is 2.